The summed E-state index contributed by atoms with van der Waals surface area (Å²) in [5.74, 6) is -1.09. The van der Waals surface area contributed by atoms with Gasteiger partial charge in [-0.25, -0.2) is 4.98 Å². The highest BCUT2D eigenvalue weighted by atomic mass is 35.5. The molecular weight excluding hydrogens is 356 g/mol. The minimum atomic E-state index is -0.575. The number of nitrogens with one attached hydrogen (secondary N) is 1. The lowest BCUT2D eigenvalue weighted by molar-refractivity contribution is -0.380. The summed E-state index contributed by atoms with van der Waals surface area (Å²) in [6, 6.07) is 6.77. The minimum absolute atomic E-state index is 0.0714. The Morgan fingerprint density at radius 3 is 2.75 bits per heavy atom. The van der Waals surface area contributed by atoms with Gasteiger partial charge >= 0.3 is 5.00 Å². The van der Waals surface area contributed by atoms with Crippen molar-refractivity contribution in [3.8, 4) is 0 Å². The number of hydrogen-bond acceptors (Lipinski definition) is 6. The van der Waals surface area contributed by atoms with Gasteiger partial charge < -0.3 is 10.2 Å². The number of carbonyl (C=O) groups is 2. The van der Waals surface area contributed by atoms with Gasteiger partial charge in [-0.3, -0.25) is 19.7 Å². The van der Waals surface area contributed by atoms with Crippen molar-refractivity contribution in [3.05, 3.63) is 45.6 Å². The van der Waals surface area contributed by atoms with Crippen LogP contribution in [0.3, 0.4) is 0 Å². The second kappa shape index (κ2) is 6.54. The van der Waals surface area contributed by atoms with Crippen LogP contribution in [0.25, 0.3) is 0 Å². The molecule has 0 spiro atoms. The van der Waals surface area contributed by atoms with E-state index in [-0.39, 0.29) is 34.9 Å². The summed E-state index contributed by atoms with van der Waals surface area (Å²) in [5, 5.41) is 13.7. The predicted molar refractivity (Wildman–Crippen MR) is 89.3 cm³/mol. The summed E-state index contributed by atoms with van der Waals surface area (Å²) < 4.78 is 0. The Hall–Kier alpha value is -2.52. The van der Waals surface area contributed by atoms with Crippen LogP contribution in [-0.2, 0) is 9.59 Å². The Morgan fingerprint density at radius 1 is 1.42 bits per heavy atom. The van der Waals surface area contributed by atoms with Crippen LogP contribution in [-0.4, -0.2) is 28.3 Å². The number of aromatic nitrogens is 1. The predicted octanol–water partition coefficient (Wildman–Crippen LogP) is 2.70. The molecule has 8 nitrogen and oxygen atoms in total. The Bertz CT molecular complexity index is 807. The van der Waals surface area contributed by atoms with Gasteiger partial charge in [0, 0.05) is 23.7 Å². The van der Waals surface area contributed by atoms with E-state index in [1.807, 2.05) is 0 Å². The molecule has 1 aromatic carbocycles. The first-order valence-corrected chi connectivity index (χ1v) is 8.10. The van der Waals surface area contributed by atoms with Gasteiger partial charge in [0.15, 0.2) is 5.13 Å². The monoisotopic (exact) mass is 366 g/mol. The molecule has 1 atom stereocenters. The molecule has 1 aliphatic rings. The van der Waals surface area contributed by atoms with Crippen LogP contribution >= 0.6 is 22.9 Å². The third kappa shape index (κ3) is 3.36. The Balaban J connectivity index is 1.67. The quantitative estimate of drug-likeness (QED) is 0.661. The molecule has 0 saturated carbocycles. The maximum Gasteiger partial charge on any atom is 0.345 e. The van der Waals surface area contributed by atoms with Crippen molar-refractivity contribution >= 4 is 50.6 Å². The standard InChI is InChI=1S/C14H11ClN4O4S/c15-9-1-3-10(4-2-9)18-7-8(5-11(18)20)13(21)17-14-16-6-12(24-14)19(22)23/h1-4,6,8H,5,7H2,(H,16,17,21)/t8-/m1/s1. The normalized spacial score (nSPS) is 17.1. The molecule has 0 unspecified atom stereocenters. The van der Waals surface area contributed by atoms with Gasteiger partial charge in [0.1, 0.15) is 6.20 Å². The van der Waals surface area contributed by atoms with Crippen molar-refractivity contribution in [3.63, 3.8) is 0 Å². The minimum Gasteiger partial charge on any atom is -0.312 e. The highest BCUT2D eigenvalue weighted by Gasteiger charge is 2.35. The fourth-order valence-electron chi connectivity index (χ4n) is 2.37. The van der Waals surface area contributed by atoms with Crippen LogP contribution < -0.4 is 10.2 Å². The van der Waals surface area contributed by atoms with Crippen molar-refractivity contribution in [1.29, 1.82) is 0 Å². The molecule has 1 saturated heterocycles. The van der Waals surface area contributed by atoms with Crippen LogP contribution in [0.2, 0.25) is 5.02 Å². The topological polar surface area (TPSA) is 105 Å². The van der Waals surface area contributed by atoms with Crippen LogP contribution in [0.5, 0.6) is 0 Å². The van der Waals surface area contributed by atoms with Crippen molar-refractivity contribution in [2.45, 2.75) is 6.42 Å². The van der Waals surface area contributed by atoms with E-state index in [0.29, 0.717) is 10.7 Å². The lowest BCUT2D eigenvalue weighted by Crippen LogP contribution is -2.28. The SMILES string of the molecule is O=C(Nc1ncc([N+](=O)[O-])s1)[C@@H]1CC(=O)N(c2ccc(Cl)cc2)C1. The molecule has 2 aromatic rings. The van der Waals surface area contributed by atoms with Crippen LogP contribution in [0.15, 0.2) is 30.5 Å². The van der Waals surface area contributed by atoms with E-state index in [9.17, 15) is 19.7 Å². The number of carbonyl (C=O) groups excluding carboxylic acids is 2. The van der Waals surface area contributed by atoms with Gasteiger partial charge in [-0.1, -0.05) is 11.6 Å². The maximum atomic E-state index is 12.3. The Labute approximate surface area is 145 Å². The molecule has 1 fully saturated rings. The van der Waals surface area contributed by atoms with Gasteiger partial charge in [0.25, 0.3) is 0 Å². The molecule has 1 aromatic heterocycles. The summed E-state index contributed by atoms with van der Waals surface area (Å²) in [7, 11) is 0. The first-order valence-electron chi connectivity index (χ1n) is 6.91. The number of hydrogen-bond donors (Lipinski definition) is 1. The Kier molecular flexibility index (Phi) is 4.45. The van der Waals surface area contributed by atoms with Crippen molar-refractivity contribution < 1.29 is 14.5 Å². The second-order valence-electron chi connectivity index (χ2n) is 5.13. The summed E-state index contributed by atoms with van der Waals surface area (Å²) >= 11 is 6.60. The fraction of sp³-hybridized carbons (Fsp3) is 0.214. The van der Waals surface area contributed by atoms with E-state index in [4.69, 9.17) is 11.6 Å². The molecule has 0 aliphatic carbocycles. The lowest BCUT2D eigenvalue weighted by Gasteiger charge is -2.16. The van der Waals surface area contributed by atoms with Gasteiger partial charge in [0.2, 0.25) is 11.8 Å². The van der Waals surface area contributed by atoms with E-state index >= 15 is 0 Å². The summed E-state index contributed by atoms with van der Waals surface area (Å²) in [5.41, 5.74) is 0.671. The third-order valence-corrected chi connectivity index (χ3v) is 4.65. The summed E-state index contributed by atoms with van der Waals surface area (Å²) in [6.07, 6.45) is 1.15. The van der Waals surface area contributed by atoms with Crippen LogP contribution in [0.1, 0.15) is 6.42 Å². The molecule has 124 valence electrons. The summed E-state index contributed by atoms with van der Waals surface area (Å²) in [4.78, 5) is 39.7. The molecule has 0 radical (unpaired) electrons. The number of nitro groups is 1. The second-order valence-corrected chi connectivity index (χ2v) is 6.58. The van der Waals surface area contributed by atoms with Gasteiger partial charge in [-0.2, -0.15) is 0 Å². The molecule has 2 amide bonds. The van der Waals surface area contributed by atoms with Crippen molar-refractivity contribution in [2.75, 3.05) is 16.8 Å². The number of thiazole rings is 1. The number of benzene rings is 1. The number of rotatable bonds is 4. The zero-order valence-corrected chi connectivity index (χ0v) is 13.7. The van der Waals surface area contributed by atoms with E-state index in [1.165, 1.54) is 4.90 Å². The zero-order chi connectivity index (χ0) is 17.3. The highest BCUT2D eigenvalue weighted by Crippen LogP contribution is 2.29. The number of amides is 2. The van der Waals surface area contributed by atoms with E-state index in [1.54, 1.807) is 24.3 Å². The fourth-order valence-corrected chi connectivity index (χ4v) is 3.13. The molecule has 0 bridgehead atoms. The average molecular weight is 367 g/mol. The number of anilines is 2. The van der Waals surface area contributed by atoms with E-state index in [0.717, 1.165) is 17.5 Å². The molecule has 3 rings (SSSR count). The number of halogens is 1. The number of nitrogens with zero attached hydrogens (tertiary/aromatic N) is 3. The van der Waals surface area contributed by atoms with Gasteiger partial charge in [-0.15, -0.1) is 0 Å². The lowest BCUT2D eigenvalue weighted by atomic mass is 10.1. The first-order chi connectivity index (χ1) is 11.4. The Morgan fingerprint density at radius 2 is 2.12 bits per heavy atom. The molecular formula is C14H11ClN4O4S. The molecule has 1 aliphatic heterocycles. The molecule has 10 heteroatoms. The van der Waals surface area contributed by atoms with Crippen LogP contribution in [0.4, 0.5) is 15.8 Å². The molecule has 1 N–H and O–H groups in total. The van der Waals surface area contributed by atoms with Crippen molar-refractivity contribution in [1.82, 2.24) is 4.98 Å². The van der Waals surface area contributed by atoms with E-state index in [2.05, 4.69) is 10.3 Å². The smallest absolute Gasteiger partial charge is 0.312 e. The third-order valence-electron chi connectivity index (χ3n) is 3.54. The zero-order valence-electron chi connectivity index (χ0n) is 12.1. The molecule has 24 heavy (non-hydrogen) atoms. The maximum absolute atomic E-state index is 12.3. The van der Waals surface area contributed by atoms with Gasteiger partial charge in [0.05, 0.1) is 10.8 Å². The first kappa shape index (κ1) is 16.3. The van der Waals surface area contributed by atoms with Gasteiger partial charge in [-0.05, 0) is 35.6 Å². The van der Waals surface area contributed by atoms with E-state index < -0.39 is 10.8 Å². The average Bonchev–Trinajstić information content (AvgIpc) is 3.15. The molecule has 2 heterocycles. The largest absolute Gasteiger partial charge is 0.345 e. The summed E-state index contributed by atoms with van der Waals surface area (Å²) in [6.45, 7) is 0.236. The van der Waals surface area contributed by atoms with Crippen molar-refractivity contribution in [2.24, 2.45) is 5.92 Å². The van der Waals surface area contributed by atoms with Crippen LogP contribution in [0, 0.1) is 16.0 Å². The highest BCUT2D eigenvalue weighted by molar-refractivity contribution is 7.18.